The highest BCUT2D eigenvalue weighted by Gasteiger charge is 2.11. The summed E-state index contributed by atoms with van der Waals surface area (Å²) in [6.07, 6.45) is 0.953. The van der Waals surface area contributed by atoms with Crippen LogP contribution in [0.25, 0.3) is 11.3 Å². The summed E-state index contributed by atoms with van der Waals surface area (Å²) in [6, 6.07) is 11.7. The molecule has 4 nitrogen and oxygen atoms in total. The van der Waals surface area contributed by atoms with Crippen LogP contribution in [0.1, 0.15) is 18.9 Å². The minimum atomic E-state index is 0.0205. The van der Waals surface area contributed by atoms with E-state index in [4.69, 9.17) is 4.74 Å². The van der Waals surface area contributed by atoms with Gasteiger partial charge in [0.25, 0.3) is 5.56 Å². The molecular formula is C17H22N2O2. The summed E-state index contributed by atoms with van der Waals surface area (Å²) in [4.78, 5) is 12.4. The van der Waals surface area contributed by atoms with Crippen LogP contribution in [0.5, 0.6) is 5.75 Å². The molecule has 0 atom stereocenters. The molecule has 1 aromatic carbocycles. The second-order valence-corrected chi connectivity index (χ2v) is 4.98. The fourth-order valence-corrected chi connectivity index (χ4v) is 2.30. The zero-order chi connectivity index (χ0) is 15.2. The van der Waals surface area contributed by atoms with Gasteiger partial charge in [0.15, 0.2) is 0 Å². The molecular weight excluding hydrogens is 264 g/mol. The Labute approximate surface area is 125 Å². The van der Waals surface area contributed by atoms with Crippen molar-refractivity contribution >= 4 is 0 Å². The molecule has 0 spiro atoms. The van der Waals surface area contributed by atoms with Gasteiger partial charge in [0.05, 0.1) is 12.3 Å². The van der Waals surface area contributed by atoms with Crippen molar-refractivity contribution in [2.45, 2.75) is 19.9 Å². The summed E-state index contributed by atoms with van der Waals surface area (Å²) in [6.45, 7) is 3.31. The largest absolute Gasteiger partial charge is 0.493 e. The third-order valence-electron chi connectivity index (χ3n) is 3.38. The van der Waals surface area contributed by atoms with Crippen molar-refractivity contribution in [2.75, 3.05) is 13.7 Å². The molecule has 0 saturated carbocycles. The Morgan fingerprint density at radius 2 is 1.95 bits per heavy atom. The third-order valence-corrected chi connectivity index (χ3v) is 3.38. The van der Waals surface area contributed by atoms with Crippen LogP contribution in [0, 0.1) is 0 Å². The van der Waals surface area contributed by atoms with E-state index in [9.17, 15) is 4.79 Å². The Morgan fingerprint density at radius 1 is 1.19 bits per heavy atom. The summed E-state index contributed by atoms with van der Waals surface area (Å²) in [5, 5.41) is 3.01. The van der Waals surface area contributed by atoms with Gasteiger partial charge >= 0.3 is 0 Å². The topological polar surface area (TPSA) is 43.3 Å². The molecule has 0 fully saturated rings. The highest BCUT2D eigenvalue weighted by molar-refractivity contribution is 5.67. The van der Waals surface area contributed by atoms with Crippen LogP contribution in [0.2, 0.25) is 0 Å². The molecule has 0 aliphatic carbocycles. The lowest BCUT2D eigenvalue weighted by molar-refractivity contribution is 0.318. The molecule has 0 radical (unpaired) electrons. The molecule has 2 rings (SSSR count). The molecule has 0 amide bonds. The zero-order valence-corrected chi connectivity index (χ0v) is 12.8. The molecule has 0 unspecified atom stereocenters. The number of hydrogen-bond donors (Lipinski definition) is 1. The maximum absolute atomic E-state index is 12.4. The van der Waals surface area contributed by atoms with E-state index in [0.29, 0.717) is 13.2 Å². The van der Waals surface area contributed by atoms with E-state index in [0.717, 1.165) is 29.0 Å². The van der Waals surface area contributed by atoms with E-state index in [1.807, 2.05) is 43.4 Å². The van der Waals surface area contributed by atoms with Crippen molar-refractivity contribution in [2.24, 2.45) is 7.05 Å². The van der Waals surface area contributed by atoms with Crippen molar-refractivity contribution in [1.82, 2.24) is 9.88 Å². The van der Waals surface area contributed by atoms with Crippen LogP contribution in [-0.2, 0) is 13.6 Å². The second-order valence-electron chi connectivity index (χ2n) is 4.98. The van der Waals surface area contributed by atoms with E-state index in [2.05, 4.69) is 12.2 Å². The number of rotatable bonds is 6. The summed E-state index contributed by atoms with van der Waals surface area (Å²) in [5.41, 5.74) is 2.59. The van der Waals surface area contributed by atoms with Crippen molar-refractivity contribution in [3.05, 3.63) is 52.3 Å². The van der Waals surface area contributed by atoms with Crippen LogP contribution in [0.3, 0.4) is 0 Å². The SMILES string of the molecule is CCCOc1ccccc1-c1ccc(CNC)c(=O)n1C. The van der Waals surface area contributed by atoms with Gasteiger partial charge in [-0.05, 0) is 31.7 Å². The number of nitrogens with one attached hydrogen (secondary N) is 1. The minimum Gasteiger partial charge on any atom is -0.493 e. The summed E-state index contributed by atoms with van der Waals surface area (Å²) < 4.78 is 7.47. The molecule has 1 heterocycles. The molecule has 112 valence electrons. The van der Waals surface area contributed by atoms with Crippen LogP contribution >= 0.6 is 0 Å². The van der Waals surface area contributed by atoms with E-state index in [-0.39, 0.29) is 5.56 Å². The number of pyridine rings is 1. The highest BCUT2D eigenvalue weighted by atomic mass is 16.5. The molecule has 1 aromatic heterocycles. The van der Waals surface area contributed by atoms with Crippen LogP contribution in [0.15, 0.2) is 41.2 Å². The van der Waals surface area contributed by atoms with Gasteiger partial charge in [-0.25, -0.2) is 0 Å². The lowest BCUT2D eigenvalue weighted by Gasteiger charge is -2.14. The Balaban J connectivity index is 2.48. The molecule has 0 aliphatic heterocycles. The van der Waals surface area contributed by atoms with Gasteiger partial charge in [0.1, 0.15) is 5.75 Å². The Hall–Kier alpha value is -2.07. The van der Waals surface area contributed by atoms with E-state index in [1.165, 1.54) is 0 Å². The van der Waals surface area contributed by atoms with Gasteiger partial charge in [-0.2, -0.15) is 0 Å². The number of nitrogens with zero attached hydrogens (tertiary/aromatic N) is 1. The molecule has 0 aliphatic rings. The first-order valence-electron chi connectivity index (χ1n) is 7.24. The minimum absolute atomic E-state index is 0.0205. The Morgan fingerprint density at radius 3 is 2.67 bits per heavy atom. The number of para-hydroxylation sites is 1. The van der Waals surface area contributed by atoms with E-state index in [1.54, 1.807) is 11.6 Å². The predicted octanol–water partition coefficient (Wildman–Crippen LogP) is 2.56. The average molecular weight is 286 g/mol. The number of hydrogen-bond acceptors (Lipinski definition) is 3. The fourth-order valence-electron chi connectivity index (χ4n) is 2.30. The van der Waals surface area contributed by atoms with Gasteiger partial charge in [-0.1, -0.05) is 25.1 Å². The highest BCUT2D eigenvalue weighted by Crippen LogP contribution is 2.28. The standard InChI is InChI=1S/C17H22N2O2/c1-4-11-21-16-8-6-5-7-14(16)15-10-9-13(12-18-2)17(20)19(15)3/h5-10,18H,4,11-12H2,1-3H3. The maximum Gasteiger partial charge on any atom is 0.255 e. The molecule has 21 heavy (non-hydrogen) atoms. The first kappa shape index (κ1) is 15.3. The summed E-state index contributed by atoms with van der Waals surface area (Å²) in [7, 11) is 3.63. The Bertz CT molecular complexity index is 662. The second kappa shape index (κ2) is 7.09. The maximum atomic E-state index is 12.4. The monoisotopic (exact) mass is 286 g/mol. The molecule has 4 heteroatoms. The van der Waals surface area contributed by atoms with Gasteiger partial charge < -0.3 is 14.6 Å². The van der Waals surface area contributed by atoms with E-state index >= 15 is 0 Å². The normalized spacial score (nSPS) is 10.6. The van der Waals surface area contributed by atoms with Gasteiger partial charge in [0.2, 0.25) is 0 Å². The van der Waals surface area contributed by atoms with Gasteiger partial charge in [0, 0.05) is 24.7 Å². The lowest BCUT2D eigenvalue weighted by Crippen LogP contribution is -2.25. The summed E-state index contributed by atoms with van der Waals surface area (Å²) in [5.74, 6) is 0.815. The predicted molar refractivity (Wildman–Crippen MR) is 85.7 cm³/mol. The van der Waals surface area contributed by atoms with Crippen LogP contribution < -0.4 is 15.6 Å². The van der Waals surface area contributed by atoms with E-state index < -0.39 is 0 Å². The fraction of sp³-hybridized carbons (Fsp3) is 0.353. The molecule has 0 bridgehead atoms. The third kappa shape index (κ3) is 3.34. The van der Waals surface area contributed by atoms with Crippen molar-refractivity contribution in [3.63, 3.8) is 0 Å². The van der Waals surface area contributed by atoms with Gasteiger partial charge in [-0.15, -0.1) is 0 Å². The van der Waals surface area contributed by atoms with Crippen LogP contribution in [-0.4, -0.2) is 18.2 Å². The quantitative estimate of drug-likeness (QED) is 0.887. The first-order valence-corrected chi connectivity index (χ1v) is 7.24. The summed E-state index contributed by atoms with van der Waals surface area (Å²) >= 11 is 0. The van der Waals surface area contributed by atoms with Crippen molar-refractivity contribution in [3.8, 4) is 17.0 Å². The van der Waals surface area contributed by atoms with Crippen molar-refractivity contribution < 1.29 is 4.74 Å². The molecule has 0 saturated heterocycles. The lowest BCUT2D eigenvalue weighted by atomic mass is 10.1. The number of ether oxygens (including phenoxy) is 1. The van der Waals surface area contributed by atoms with Gasteiger partial charge in [-0.3, -0.25) is 4.79 Å². The van der Waals surface area contributed by atoms with Crippen LogP contribution in [0.4, 0.5) is 0 Å². The zero-order valence-electron chi connectivity index (χ0n) is 12.8. The number of aromatic nitrogens is 1. The van der Waals surface area contributed by atoms with Crippen molar-refractivity contribution in [1.29, 1.82) is 0 Å². The molecule has 1 N–H and O–H groups in total. The smallest absolute Gasteiger partial charge is 0.255 e. The number of benzene rings is 1. The first-order chi connectivity index (χ1) is 10.2. The average Bonchev–Trinajstić information content (AvgIpc) is 2.51. The Kier molecular flexibility index (Phi) is 5.17. The molecule has 2 aromatic rings.